The first-order valence-electron chi connectivity index (χ1n) is 11.1. The van der Waals surface area contributed by atoms with Crippen LogP contribution in [0, 0.1) is 6.92 Å². The van der Waals surface area contributed by atoms with Crippen LogP contribution in [0.5, 0.6) is 5.75 Å². The number of para-hydroxylation sites is 1. The Hall–Kier alpha value is -3.15. The van der Waals surface area contributed by atoms with Crippen molar-refractivity contribution in [3.8, 4) is 5.75 Å². The van der Waals surface area contributed by atoms with Crippen LogP contribution in [-0.2, 0) is 11.4 Å². The fourth-order valence-corrected chi connectivity index (χ4v) is 3.98. The Morgan fingerprint density at radius 1 is 1.00 bits per heavy atom. The summed E-state index contributed by atoms with van der Waals surface area (Å²) in [5.74, 6) is 0.761. The maximum Gasteiger partial charge on any atom is 0.145 e. The maximum absolute atomic E-state index is 10.7. The molecular weight excluding hydrogens is 400 g/mol. The molecule has 1 heterocycles. The van der Waals surface area contributed by atoms with Crippen molar-refractivity contribution in [3.63, 3.8) is 0 Å². The van der Waals surface area contributed by atoms with E-state index in [2.05, 4.69) is 41.2 Å². The van der Waals surface area contributed by atoms with Gasteiger partial charge in [0.15, 0.2) is 0 Å². The average molecular weight is 431 g/mol. The summed E-state index contributed by atoms with van der Waals surface area (Å²) in [6.45, 7) is 4.22. The molecule has 0 amide bonds. The van der Waals surface area contributed by atoms with Gasteiger partial charge in [0, 0.05) is 31.6 Å². The lowest BCUT2D eigenvalue weighted by molar-refractivity contribution is 0.0213. The molecule has 0 saturated heterocycles. The summed E-state index contributed by atoms with van der Waals surface area (Å²) in [5, 5.41) is 15.0. The van der Waals surface area contributed by atoms with Crippen molar-refractivity contribution in [3.05, 3.63) is 102 Å². The quantitative estimate of drug-likeness (QED) is 0.517. The number of nitrogens with zero attached hydrogens (tertiary/aromatic N) is 2. The molecule has 0 unspecified atom stereocenters. The molecule has 1 aliphatic rings. The monoisotopic (exact) mass is 430 g/mol. The molecule has 3 aromatic carbocycles. The van der Waals surface area contributed by atoms with Crippen molar-refractivity contribution in [2.45, 2.75) is 32.1 Å². The highest BCUT2D eigenvalue weighted by Gasteiger charge is 2.26. The Balaban J connectivity index is 1.37. The fourth-order valence-electron chi connectivity index (χ4n) is 3.98. The van der Waals surface area contributed by atoms with Crippen LogP contribution in [0.25, 0.3) is 0 Å². The van der Waals surface area contributed by atoms with E-state index in [-0.39, 0.29) is 12.7 Å². The van der Waals surface area contributed by atoms with Crippen molar-refractivity contribution in [1.82, 2.24) is 4.90 Å². The number of hydrogen-bond acceptors (Lipinski definition) is 5. The van der Waals surface area contributed by atoms with Gasteiger partial charge in [-0.05, 0) is 30.2 Å². The topological polar surface area (TPSA) is 54.3 Å². The molecule has 0 bridgehead atoms. The number of hydrogen-bond donors (Lipinski definition) is 1. The van der Waals surface area contributed by atoms with Gasteiger partial charge >= 0.3 is 0 Å². The molecule has 0 saturated carbocycles. The van der Waals surface area contributed by atoms with Crippen molar-refractivity contribution in [2.24, 2.45) is 5.16 Å². The lowest BCUT2D eigenvalue weighted by atomic mass is 10.00. The van der Waals surface area contributed by atoms with Gasteiger partial charge < -0.3 is 14.7 Å². The highest BCUT2D eigenvalue weighted by atomic mass is 16.6. The lowest BCUT2D eigenvalue weighted by Gasteiger charge is -2.27. The summed E-state index contributed by atoms with van der Waals surface area (Å²) in [6, 6.07) is 28.1. The highest BCUT2D eigenvalue weighted by molar-refractivity contribution is 6.02. The van der Waals surface area contributed by atoms with Crippen molar-refractivity contribution in [1.29, 1.82) is 0 Å². The van der Waals surface area contributed by atoms with E-state index < -0.39 is 6.10 Å². The van der Waals surface area contributed by atoms with Crippen LogP contribution in [0.2, 0.25) is 0 Å². The van der Waals surface area contributed by atoms with E-state index in [1.807, 2.05) is 60.7 Å². The van der Waals surface area contributed by atoms with Gasteiger partial charge in [-0.2, -0.15) is 0 Å². The summed E-state index contributed by atoms with van der Waals surface area (Å²) < 4.78 is 5.75. The third-order valence-electron chi connectivity index (χ3n) is 5.55. The third kappa shape index (κ3) is 6.19. The molecule has 32 heavy (non-hydrogen) atoms. The molecular formula is C27H30N2O3. The zero-order chi connectivity index (χ0) is 22.2. The first-order valence-corrected chi connectivity index (χ1v) is 11.1. The Bertz CT molecular complexity index is 1010. The summed E-state index contributed by atoms with van der Waals surface area (Å²) in [4.78, 5) is 8.01. The average Bonchev–Trinajstić information content (AvgIpc) is 3.27. The molecule has 0 fully saturated rings. The van der Waals surface area contributed by atoms with Crippen LogP contribution in [-0.4, -0.2) is 47.6 Å². The first kappa shape index (κ1) is 22.1. The van der Waals surface area contributed by atoms with Crippen molar-refractivity contribution >= 4 is 5.71 Å². The molecule has 166 valence electrons. The van der Waals surface area contributed by atoms with Gasteiger partial charge in [-0.15, -0.1) is 0 Å². The predicted octanol–water partition coefficient (Wildman–Crippen LogP) is 4.43. The summed E-state index contributed by atoms with van der Waals surface area (Å²) in [7, 11) is 0. The molecule has 1 aliphatic heterocycles. The molecule has 5 heteroatoms. The molecule has 0 aromatic heterocycles. The minimum absolute atomic E-state index is 0.0458. The second kappa shape index (κ2) is 10.9. The van der Waals surface area contributed by atoms with Gasteiger partial charge in [0.05, 0.1) is 5.71 Å². The van der Waals surface area contributed by atoms with Gasteiger partial charge in [0.1, 0.15) is 24.6 Å². The van der Waals surface area contributed by atoms with Crippen molar-refractivity contribution in [2.75, 3.05) is 19.7 Å². The van der Waals surface area contributed by atoms with E-state index in [1.54, 1.807) is 0 Å². The number of benzene rings is 3. The first-order chi connectivity index (χ1) is 15.7. The second-order valence-electron chi connectivity index (χ2n) is 8.24. The van der Waals surface area contributed by atoms with Crippen LogP contribution in [0.1, 0.15) is 23.1 Å². The summed E-state index contributed by atoms with van der Waals surface area (Å²) >= 11 is 0. The smallest absolute Gasteiger partial charge is 0.145 e. The van der Waals surface area contributed by atoms with Gasteiger partial charge in [0.25, 0.3) is 0 Å². The van der Waals surface area contributed by atoms with E-state index in [0.29, 0.717) is 13.1 Å². The lowest BCUT2D eigenvalue weighted by Crippen LogP contribution is -2.39. The molecule has 0 spiro atoms. The Morgan fingerprint density at radius 2 is 1.69 bits per heavy atom. The minimum atomic E-state index is -0.614. The second-order valence-corrected chi connectivity index (χ2v) is 8.24. The standard InChI is InChI=1S/C27H30N2O3/c1-21-10-8-9-15-26(21)27-16-25(32-28-27)19-29(17-22-11-4-2-5-12-22)18-23(30)20-31-24-13-6-3-7-14-24/h2-15,23,25,30H,16-20H2,1H3/t23-,25-/m1/s1. The van der Waals surface area contributed by atoms with Crippen molar-refractivity contribution < 1.29 is 14.7 Å². The van der Waals surface area contributed by atoms with E-state index in [4.69, 9.17) is 9.57 Å². The normalized spacial score (nSPS) is 16.5. The van der Waals surface area contributed by atoms with E-state index >= 15 is 0 Å². The van der Waals surface area contributed by atoms with Gasteiger partial charge in [-0.1, -0.05) is 78.0 Å². The molecule has 0 aliphatic carbocycles. The van der Waals surface area contributed by atoms with Crippen LogP contribution in [0.15, 0.2) is 90.1 Å². The number of aliphatic hydroxyl groups excluding tert-OH is 1. The van der Waals surface area contributed by atoms with Gasteiger partial charge in [-0.3, -0.25) is 4.90 Å². The maximum atomic E-state index is 10.7. The highest BCUT2D eigenvalue weighted by Crippen LogP contribution is 2.21. The summed E-state index contributed by atoms with van der Waals surface area (Å²) in [5.41, 5.74) is 4.52. The number of aryl methyl sites for hydroxylation is 1. The van der Waals surface area contributed by atoms with Gasteiger partial charge in [0.2, 0.25) is 0 Å². The van der Waals surface area contributed by atoms with Crippen LogP contribution in [0.4, 0.5) is 0 Å². The molecule has 5 nitrogen and oxygen atoms in total. The Kier molecular flexibility index (Phi) is 7.54. The molecule has 2 atom stereocenters. The molecule has 1 N–H and O–H groups in total. The van der Waals surface area contributed by atoms with E-state index in [9.17, 15) is 5.11 Å². The minimum Gasteiger partial charge on any atom is -0.491 e. The number of aliphatic hydroxyl groups is 1. The number of oxime groups is 1. The number of ether oxygens (including phenoxy) is 1. The largest absolute Gasteiger partial charge is 0.491 e. The Labute approximate surface area is 189 Å². The van der Waals surface area contributed by atoms with Crippen LogP contribution < -0.4 is 4.74 Å². The van der Waals surface area contributed by atoms with E-state index in [0.717, 1.165) is 30.0 Å². The Morgan fingerprint density at radius 3 is 2.44 bits per heavy atom. The molecule has 3 aromatic rings. The van der Waals surface area contributed by atoms with Crippen LogP contribution in [0.3, 0.4) is 0 Å². The third-order valence-corrected chi connectivity index (χ3v) is 5.55. The fraction of sp³-hybridized carbons (Fsp3) is 0.296. The zero-order valence-corrected chi connectivity index (χ0v) is 18.4. The van der Waals surface area contributed by atoms with Crippen LogP contribution >= 0.6 is 0 Å². The zero-order valence-electron chi connectivity index (χ0n) is 18.4. The predicted molar refractivity (Wildman–Crippen MR) is 127 cm³/mol. The SMILES string of the molecule is Cc1ccccc1C1=NO[C@@H](CN(Cc2ccccc2)C[C@@H](O)COc2ccccc2)C1. The summed E-state index contributed by atoms with van der Waals surface area (Å²) in [6.07, 6.45) is 0.0971. The molecule has 0 radical (unpaired) electrons. The molecule has 4 rings (SSSR count). The van der Waals surface area contributed by atoms with E-state index in [1.165, 1.54) is 11.1 Å². The van der Waals surface area contributed by atoms with Gasteiger partial charge in [-0.25, -0.2) is 0 Å². The number of rotatable bonds is 10.